The van der Waals surface area contributed by atoms with Crippen molar-refractivity contribution in [1.82, 2.24) is 20.4 Å². The SMILES string of the molecule is CCNC(=NCc1cccc(OC(C)C)c1)NCc1ccnn1C.I. The molecule has 0 fully saturated rings. The molecule has 7 heteroatoms. The molecule has 2 N–H and O–H groups in total. The minimum absolute atomic E-state index is 0. The predicted molar refractivity (Wildman–Crippen MR) is 112 cm³/mol. The summed E-state index contributed by atoms with van der Waals surface area (Å²) < 4.78 is 7.58. The second kappa shape index (κ2) is 11.0. The molecule has 1 heterocycles. The zero-order chi connectivity index (χ0) is 17.4. The van der Waals surface area contributed by atoms with E-state index in [9.17, 15) is 0 Å². The third-order valence-electron chi connectivity index (χ3n) is 3.39. The first-order chi connectivity index (χ1) is 11.6. The van der Waals surface area contributed by atoms with E-state index in [1.807, 2.05) is 49.8 Å². The summed E-state index contributed by atoms with van der Waals surface area (Å²) in [5.41, 5.74) is 2.22. The maximum absolute atomic E-state index is 5.73. The fourth-order valence-corrected chi connectivity index (χ4v) is 2.25. The van der Waals surface area contributed by atoms with E-state index in [1.54, 1.807) is 6.20 Å². The first-order valence-electron chi connectivity index (χ1n) is 8.33. The van der Waals surface area contributed by atoms with E-state index in [1.165, 1.54) is 0 Å². The van der Waals surface area contributed by atoms with Gasteiger partial charge in [0.1, 0.15) is 5.75 Å². The second-order valence-electron chi connectivity index (χ2n) is 5.81. The van der Waals surface area contributed by atoms with Crippen molar-refractivity contribution < 1.29 is 4.74 Å². The first kappa shape index (κ1) is 21.3. The van der Waals surface area contributed by atoms with Crippen molar-refractivity contribution in [2.24, 2.45) is 12.0 Å². The molecule has 0 spiro atoms. The van der Waals surface area contributed by atoms with Gasteiger partial charge in [-0.3, -0.25) is 4.68 Å². The molecule has 0 unspecified atom stereocenters. The third kappa shape index (κ3) is 7.33. The van der Waals surface area contributed by atoms with Crippen LogP contribution >= 0.6 is 24.0 Å². The van der Waals surface area contributed by atoms with Gasteiger partial charge in [-0.15, -0.1) is 24.0 Å². The number of hydrogen-bond acceptors (Lipinski definition) is 3. The van der Waals surface area contributed by atoms with E-state index in [0.29, 0.717) is 13.1 Å². The van der Waals surface area contributed by atoms with Gasteiger partial charge in [-0.2, -0.15) is 5.10 Å². The Bertz CT molecular complexity index is 669. The normalized spacial score (nSPS) is 11.2. The fraction of sp³-hybridized carbons (Fsp3) is 0.444. The van der Waals surface area contributed by atoms with E-state index >= 15 is 0 Å². The van der Waals surface area contributed by atoms with Gasteiger partial charge in [0, 0.05) is 19.8 Å². The molecule has 0 saturated carbocycles. The minimum Gasteiger partial charge on any atom is -0.491 e. The third-order valence-corrected chi connectivity index (χ3v) is 3.39. The lowest BCUT2D eigenvalue weighted by molar-refractivity contribution is 0.242. The summed E-state index contributed by atoms with van der Waals surface area (Å²) in [4.78, 5) is 4.64. The van der Waals surface area contributed by atoms with E-state index in [0.717, 1.165) is 29.5 Å². The minimum atomic E-state index is 0. The number of guanidine groups is 1. The van der Waals surface area contributed by atoms with Crippen LogP contribution in [0.1, 0.15) is 32.0 Å². The molecule has 138 valence electrons. The van der Waals surface area contributed by atoms with Gasteiger partial charge in [0.15, 0.2) is 5.96 Å². The van der Waals surface area contributed by atoms with Crippen LogP contribution in [-0.4, -0.2) is 28.4 Å². The Hall–Kier alpha value is -1.77. The number of hydrogen-bond donors (Lipinski definition) is 2. The zero-order valence-electron chi connectivity index (χ0n) is 15.3. The van der Waals surface area contributed by atoms with E-state index in [2.05, 4.69) is 33.7 Å². The van der Waals surface area contributed by atoms with Crippen LogP contribution in [0.2, 0.25) is 0 Å². The molecular weight excluding hydrogens is 429 g/mol. The van der Waals surface area contributed by atoms with Crippen molar-refractivity contribution >= 4 is 29.9 Å². The van der Waals surface area contributed by atoms with E-state index < -0.39 is 0 Å². The van der Waals surface area contributed by atoms with Gasteiger partial charge in [-0.1, -0.05) is 12.1 Å². The fourth-order valence-electron chi connectivity index (χ4n) is 2.25. The highest BCUT2D eigenvalue weighted by molar-refractivity contribution is 14.0. The van der Waals surface area contributed by atoms with Crippen LogP contribution in [0, 0.1) is 0 Å². The van der Waals surface area contributed by atoms with Crippen molar-refractivity contribution in [3.63, 3.8) is 0 Å². The van der Waals surface area contributed by atoms with Crippen LogP contribution in [0.5, 0.6) is 5.75 Å². The quantitative estimate of drug-likeness (QED) is 0.381. The van der Waals surface area contributed by atoms with Crippen molar-refractivity contribution in [1.29, 1.82) is 0 Å². The number of halogens is 1. The van der Waals surface area contributed by atoms with Crippen molar-refractivity contribution in [2.75, 3.05) is 6.54 Å². The molecule has 0 atom stereocenters. The highest BCUT2D eigenvalue weighted by atomic mass is 127. The van der Waals surface area contributed by atoms with Gasteiger partial charge in [0.05, 0.1) is 24.9 Å². The molecule has 0 saturated heterocycles. The van der Waals surface area contributed by atoms with E-state index in [4.69, 9.17) is 4.74 Å². The number of nitrogens with one attached hydrogen (secondary N) is 2. The van der Waals surface area contributed by atoms with Crippen LogP contribution in [0.25, 0.3) is 0 Å². The van der Waals surface area contributed by atoms with Gasteiger partial charge in [-0.05, 0) is 44.5 Å². The maximum atomic E-state index is 5.73. The summed E-state index contributed by atoms with van der Waals surface area (Å²) in [5.74, 6) is 1.67. The Balaban J connectivity index is 0.00000312. The molecule has 1 aromatic carbocycles. The first-order valence-corrected chi connectivity index (χ1v) is 8.33. The maximum Gasteiger partial charge on any atom is 0.191 e. The number of ether oxygens (including phenoxy) is 1. The van der Waals surface area contributed by atoms with Gasteiger partial charge in [-0.25, -0.2) is 4.99 Å². The molecular formula is C18H28IN5O. The molecule has 2 rings (SSSR count). The van der Waals surface area contributed by atoms with Crippen LogP contribution in [-0.2, 0) is 20.1 Å². The molecule has 0 aliphatic rings. The summed E-state index contributed by atoms with van der Waals surface area (Å²) in [6.07, 6.45) is 1.96. The molecule has 0 radical (unpaired) electrons. The number of benzene rings is 1. The molecule has 0 aliphatic carbocycles. The molecule has 6 nitrogen and oxygen atoms in total. The molecule has 25 heavy (non-hydrogen) atoms. The topological polar surface area (TPSA) is 63.5 Å². The average molecular weight is 457 g/mol. The zero-order valence-corrected chi connectivity index (χ0v) is 17.7. The van der Waals surface area contributed by atoms with Crippen molar-refractivity contribution in [2.45, 2.75) is 40.0 Å². The number of nitrogens with zero attached hydrogens (tertiary/aromatic N) is 3. The van der Waals surface area contributed by atoms with Crippen LogP contribution in [0.4, 0.5) is 0 Å². The Morgan fingerprint density at radius 3 is 2.72 bits per heavy atom. The number of rotatable bonds is 7. The summed E-state index contributed by atoms with van der Waals surface area (Å²) in [6.45, 7) is 8.19. The van der Waals surface area contributed by atoms with Gasteiger partial charge >= 0.3 is 0 Å². The second-order valence-corrected chi connectivity index (χ2v) is 5.81. The highest BCUT2D eigenvalue weighted by Crippen LogP contribution is 2.15. The lowest BCUT2D eigenvalue weighted by Gasteiger charge is -2.12. The monoisotopic (exact) mass is 457 g/mol. The van der Waals surface area contributed by atoms with E-state index in [-0.39, 0.29) is 30.1 Å². The molecule has 0 aliphatic heterocycles. The van der Waals surface area contributed by atoms with Gasteiger partial charge in [0.25, 0.3) is 0 Å². The van der Waals surface area contributed by atoms with Crippen molar-refractivity contribution in [3.8, 4) is 5.75 Å². The van der Waals surface area contributed by atoms with Crippen LogP contribution < -0.4 is 15.4 Å². The van der Waals surface area contributed by atoms with Gasteiger partial charge in [0.2, 0.25) is 0 Å². The lowest BCUT2D eigenvalue weighted by atomic mass is 10.2. The number of aryl methyl sites for hydroxylation is 1. The summed E-state index contributed by atoms with van der Waals surface area (Å²) in [6, 6.07) is 10.1. The Morgan fingerprint density at radius 2 is 2.08 bits per heavy atom. The number of aromatic nitrogens is 2. The largest absolute Gasteiger partial charge is 0.491 e. The predicted octanol–water partition coefficient (Wildman–Crippen LogP) is 3.08. The summed E-state index contributed by atoms with van der Waals surface area (Å²) in [7, 11) is 1.93. The lowest BCUT2D eigenvalue weighted by Crippen LogP contribution is -2.37. The summed E-state index contributed by atoms with van der Waals surface area (Å²) in [5, 5.41) is 10.8. The molecule has 2 aromatic rings. The molecule has 1 aromatic heterocycles. The number of aliphatic imine (C=N–C) groups is 1. The van der Waals surface area contributed by atoms with Gasteiger partial charge < -0.3 is 15.4 Å². The average Bonchev–Trinajstić information content (AvgIpc) is 2.95. The molecule has 0 bridgehead atoms. The Morgan fingerprint density at radius 1 is 1.28 bits per heavy atom. The highest BCUT2D eigenvalue weighted by Gasteiger charge is 2.03. The van der Waals surface area contributed by atoms with Crippen LogP contribution in [0.15, 0.2) is 41.5 Å². The standard InChI is InChI=1S/C18H27N5O.HI/c1-5-19-18(21-13-16-9-10-22-23(16)4)20-12-15-7-6-8-17(11-15)24-14(2)3;/h6-11,14H,5,12-13H2,1-4H3,(H2,19,20,21);1H. The smallest absolute Gasteiger partial charge is 0.191 e. The summed E-state index contributed by atoms with van der Waals surface area (Å²) >= 11 is 0. The van der Waals surface area contributed by atoms with Crippen molar-refractivity contribution in [3.05, 3.63) is 47.8 Å². The van der Waals surface area contributed by atoms with Crippen LogP contribution in [0.3, 0.4) is 0 Å². The molecule has 0 amide bonds. The Labute approximate surface area is 167 Å². The Kier molecular flexibility index (Phi) is 9.33.